The third kappa shape index (κ3) is 7.18. The Balaban J connectivity index is 1.88. The summed E-state index contributed by atoms with van der Waals surface area (Å²) in [4.78, 5) is 11.8. The molecule has 1 atom stereocenters. The Morgan fingerprint density at radius 2 is 1.52 bits per heavy atom. The van der Waals surface area contributed by atoms with Gasteiger partial charge in [0.15, 0.2) is 0 Å². The molecule has 0 heterocycles. The van der Waals surface area contributed by atoms with Gasteiger partial charge in [-0.25, -0.2) is 0 Å². The van der Waals surface area contributed by atoms with Gasteiger partial charge in [-0.15, -0.1) is 0 Å². The Hall–Kier alpha value is -2.74. The van der Waals surface area contributed by atoms with E-state index in [1.165, 1.54) is 6.92 Å². The van der Waals surface area contributed by atoms with Crippen molar-refractivity contribution in [2.75, 3.05) is 18.5 Å². The number of anilines is 1. The summed E-state index contributed by atoms with van der Waals surface area (Å²) in [7, 11) is 0. The van der Waals surface area contributed by atoms with E-state index < -0.39 is 24.8 Å². The first kappa shape index (κ1) is 20.6. The maximum atomic E-state index is 12.1. The molecule has 0 saturated heterocycles. The van der Waals surface area contributed by atoms with Crippen LogP contribution in [0.1, 0.15) is 13.8 Å². The fourth-order valence-electron chi connectivity index (χ4n) is 2.05. The fraction of sp³-hybridized carbons (Fsp3) is 0.316. The summed E-state index contributed by atoms with van der Waals surface area (Å²) in [5.74, 6) is 1.23. The zero-order valence-electron chi connectivity index (χ0n) is 14.9. The first-order valence-corrected chi connectivity index (χ1v) is 8.27. The van der Waals surface area contributed by atoms with Gasteiger partial charge in [-0.2, -0.15) is 13.2 Å². The highest BCUT2D eigenvalue weighted by molar-refractivity contribution is 5.93. The van der Waals surface area contributed by atoms with Crippen LogP contribution in [-0.2, 0) is 9.53 Å². The van der Waals surface area contributed by atoms with E-state index in [9.17, 15) is 18.0 Å². The normalized spacial score (nSPS) is 12.3. The summed E-state index contributed by atoms with van der Waals surface area (Å²) in [6.45, 7) is 2.25. The van der Waals surface area contributed by atoms with Crippen LogP contribution in [0.15, 0.2) is 48.5 Å². The first-order valence-electron chi connectivity index (χ1n) is 8.27. The van der Waals surface area contributed by atoms with Gasteiger partial charge in [-0.05, 0) is 62.4 Å². The number of hydrogen-bond acceptors (Lipinski definition) is 4. The number of rotatable bonds is 8. The standard InChI is InChI=1S/C19H20F3NO4/c1-3-25-15-8-10-17(11-9-15)27-16-6-4-14(5-7-16)23-18(24)13(2)26-12-19(20,21)22/h4-11,13H,3,12H2,1-2H3,(H,23,24). The summed E-state index contributed by atoms with van der Waals surface area (Å²) in [6.07, 6.45) is -5.71. The highest BCUT2D eigenvalue weighted by Crippen LogP contribution is 2.25. The lowest BCUT2D eigenvalue weighted by atomic mass is 10.2. The summed E-state index contributed by atoms with van der Waals surface area (Å²) < 4.78 is 51.9. The van der Waals surface area contributed by atoms with Crippen molar-refractivity contribution in [2.45, 2.75) is 26.1 Å². The zero-order chi connectivity index (χ0) is 19.9. The highest BCUT2D eigenvalue weighted by Gasteiger charge is 2.29. The zero-order valence-corrected chi connectivity index (χ0v) is 14.9. The number of alkyl halides is 3. The van der Waals surface area contributed by atoms with Crippen molar-refractivity contribution in [1.82, 2.24) is 0 Å². The number of carbonyl (C=O) groups is 1. The molecular formula is C19H20F3NO4. The lowest BCUT2D eigenvalue weighted by Gasteiger charge is -2.15. The van der Waals surface area contributed by atoms with E-state index in [4.69, 9.17) is 9.47 Å². The molecule has 1 unspecified atom stereocenters. The molecule has 0 saturated carbocycles. The van der Waals surface area contributed by atoms with Crippen LogP contribution in [0.4, 0.5) is 18.9 Å². The quantitative estimate of drug-likeness (QED) is 0.713. The van der Waals surface area contributed by atoms with E-state index in [0.717, 1.165) is 5.75 Å². The number of halogens is 3. The molecule has 0 spiro atoms. The summed E-state index contributed by atoms with van der Waals surface area (Å²) in [5.41, 5.74) is 0.418. The first-order chi connectivity index (χ1) is 12.8. The van der Waals surface area contributed by atoms with Crippen molar-refractivity contribution in [3.05, 3.63) is 48.5 Å². The molecule has 0 fully saturated rings. The molecule has 2 aromatic carbocycles. The largest absolute Gasteiger partial charge is 0.494 e. The Kier molecular flexibility index (Phi) is 7.06. The van der Waals surface area contributed by atoms with Crippen molar-refractivity contribution in [2.24, 2.45) is 0 Å². The molecule has 0 aromatic heterocycles. The maximum absolute atomic E-state index is 12.1. The SMILES string of the molecule is CCOc1ccc(Oc2ccc(NC(=O)C(C)OCC(F)(F)F)cc2)cc1. The molecule has 0 aliphatic rings. The number of hydrogen-bond donors (Lipinski definition) is 1. The second kappa shape index (κ2) is 9.27. The molecule has 2 aromatic rings. The predicted molar refractivity (Wildman–Crippen MR) is 94.2 cm³/mol. The van der Waals surface area contributed by atoms with Gasteiger partial charge in [0.1, 0.15) is 30.0 Å². The Morgan fingerprint density at radius 3 is 2.04 bits per heavy atom. The molecule has 0 aliphatic heterocycles. The lowest BCUT2D eigenvalue weighted by molar-refractivity contribution is -0.184. The van der Waals surface area contributed by atoms with E-state index in [2.05, 4.69) is 10.1 Å². The molecule has 27 heavy (non-hydrogen) atoms. The van der Waals surface area contributed by atoms with Gasteiger partial charge in [-0.3, -0.25) is 4.79 Å². The average Bonchev–Trinajstić information content (AvgIpc) is 2.62. The van der Waals surface area contributed by atoms with Crippen LogP contribution in [0.5, 0.6) is 17.2 Å². The van der Waals surface area contributed by atoms with E-state index in [0.29, 0.717) is 23.8 Å². The van der Waals surface area contributed by atoms with Crippen molar-refractivity contribution < 1.29 is 32.2 Å². The van der Waals surface area contributed by atoms with Crippen LogP contribution in [0.25, 0.3) is 0 Å². The molecule has 8 heteroatoms. The van der Waals surface area contributed by atoms with E-state index >= 15 is 0 Å². The Morgan fingerprint density at radius 1 is 1.00 bits per heavy atom. The van der Waals surface area contributed by atoms with Gasteiger partial charge in [0.2, 0.25) is 0 Å². The Bertz CT molecular complexity index is 730. The third-order valence-electron chi connectivity index (χ3n) is 3.36. The topological polar surface area (TPSA) is 56.8 Å². The van der Waals surface area contributed by atoms with Crippen molar-refractivity contribution in [3.8, 4) is 17.2 Å². The van der Waals surface area contributed by atoms with E-state index in [1.54, 1.807) is 48.5 Å². The second-order valence-corrected chi connectivity index (χ2v) is 5.59. The molecule has 1 amide bonds. The van der Waals surface area contributed by atoms with Crippen LogP contribution in [0.3, 0.4) is 0 Å². The molecule has 5 nitrogen and oxygen atoms in total. The number of benzene rings is 2. The number of nitrogens with one attached hydrogen (secondary N) is 1. The van der Waals surface area contributed by atoms with Crippen molar-refractivity contribution >= 4 is 11.6 Å². The van der Waals surface area contributed by atoms with Crippen LogP contribution < -0.4 is 14.8 Å². The second-order valence-electron chi connectivity index (χ2n) is 5.59. The number of ether oxygens (including phenoxy) is 3. The Labute approximate surface area is 155 Å². The fourth-order valence-corrected chi connectivity index (χ4v) is 2.05. The molecule has 0 radical (unpaired) electrons. The predicted octanol–water partition coefficient (Wildman–Crippen LogP) is 4.78. The molecule has 1 N–H and O–H groups in total. The summed E-state index contributed by atoms with van der Waals surface area (Å²) in [5, 5.41) is 2.49. The van der Waals surface area contributed by atoms with Crippen molar-refractivity contribution in [3.63, 3.8) is 0 Å². The molecular weight excluding hydrogens is 363 g/mol. The van der Waals surface area contributed by atoms with Crippen LogP contribution in [-0.4, -0.2) is 31.4 Å². The van der Waals surface area contributed by atoms with E-state index in [1.807, 2.05) is 6.92 Å². The third-order valence-corrected chi connectivity index (χ3v) is 3.36. The van der Waals surface area contributed by atoms with Gasteiger partial charge >= 0.3 is 6.18 Å². The van der Waals surface area contributed by atoms with Crippen molar-refractivity contribution in [1.29, 1.82) is 0 Å². The monoisotopic (exact) mass is 383 g/mol. The van der Waals surface area contributed by atoms with Gasteiger partial charge in [-0.1, -0.05) is 0 Å². The lowest BCUT2D eigenvalue weighted by Crippen LogP contribution is -2.31. The number of amides is 1. The number of carbonyl (C=O) groups excluding carboxylic acids is 1. The maximum Gasteiger partial charge on any atom is 0.411 e. The smallest absolute Gasteiger partial charge is 0.411 e. The average molecular weight is 383 g/mol. The van der Waals surface area contributed by atoms with Crippen LogP contribution in [0, 0.1) is 0 Å². The minimum Gasteiger partial charge on any atom is -0.494 e. The van der Waals surface area contributed by atoms with Gasteiger partial charge in [0, 0.05) is 5.69 Å². The van der Waals surface area contributed by atoms with E-state index in [-0.39, 0.29) is 0 Å². The van der Waals surface area contributed by atoms with Gasteiger partial charge in [0.25, 0.3) is 5.91 Å². The van der Waals surface area contributed by atoms with Crippen LogP contribution in [0.2, 0.25) is 0 Å². The van der Waals surface area contributed by atoms with Gasteiger partial charge in [0.05, 0.1) is 6.61 Å². The van der Waals surface area contributed by atoms with Crippen LogP contribution >= 0.6 is 0 Å². The molecule has 146 valence electrons. The summed E-state index contributed by atoms with van der Waals surface area (Å²) >= 11 is 0. The summed E-state index contributed by atoms with van der Waals surface area (Å²) in [6, 6.07) is 13.5. The highest BCUT2D eigenvalue weighted by atomic mass is 19.4. The molecule has 0 aliphatic carbocycles. The minimum atomic E-state index is -4.48. The molecule has 2 rings (SSSR count). The van der Waals surface area contributed by atoms with Gasteiger partial charge < -0.3 is 19.5 Å². The molecule has 0 bridgehead atoms. The minimum absolute atomic E-state index is 0.418.